The first-order valence-corrected chi connectivity index (χ1v) is 22.7. The first kappa shape index (κ1) is 52.2. The van der Waals surface area contributed by atoms with E-state index in [4.69, 9.17) is 9.05 Å². The molecule has 0 saturated carbocycles. The summed E-state index contributed by atoms with van der Waals surface area (Å²) in [5.74, 6) is -0.283. The van der Waals surface area contributed by atoms with Crippen LogP contribution in [0.15, 0.2) is 60.8 Å². The predicted molar refractivity (Wildman–Crippen MR) is 225 cm³/mol. The van der Waals surface area contributed by atoms with E-state index in [0.717, 1.165) is 32.1 Å². The number of likely N-dealkylation sites (N-methyl/N-ethyl adjacent to an activating group) is 1. The highest BCUT2D eigenvalue weighted by Gasteiger charge is 2.23. The van der Waals surface area contributed by atoms with E-state index < -0.39 is 32.7 Å². The molecule has 1 amide bonds. The Morgan fingerprint density at radius 2 is 1.26 bits per heavy atom. The van der Waals surface area contributed by atoms with Crippen molar-refractivity contribution in [3.05, 3.63) is 60.8 Å². The van der Waals surface area contributed by atoms with Gasteiger partial charge < -0.3 is 34.0 Å². The summed E-state index contributed by atoms with van der Waals surface area (Å²) in [5.41, 5.74) is 0. The second kappa shape index (κ2) is 35.6. The Labute approximate surface area is 331 Å². The second-order valence-corrected chi connectivity index (χ2v) is 17.0. The van der Waals surface area contributed by atoms with Crippen LogP contribution in [0.5, 0.6) is 0 Å². The van der Waals surface area contributed by atoms with Crippen molar-refractivity contribution >= 4 is 13.7 Å². The quantitative estimate of drug-likeness (QED) is 0.0188. The largest absolute Gasteiger partial charge is 0.756 e. The minimum Gasteiger partial charge on any atom is -0.756 e. The van der Waals surface area contributed by atoms with Crippen LogP contribution in [0.25, 0.3) is 0 Å². The van der Waals surface area contributed by atoms with Gasteiger partial charge in [0.15, 0.2) is 0 Å². The molecule has 54 heavy (non-hydrogen) atoms. The Hall–Kier alpha value is -1.84. The molecule has 0 radical (unpaired) electrons. The van der Waals surface area contributed by atoms with Crippen LogP contribution in [-0.4, -0.2) is 79.8 Å². The molecule has 9 nitrogen and oxygen atoms in total. The van der Waals surface area contributed by atoms with Crippen molar-refractivity contribution in [1.82, 2.24) is 5.32 Å². The lowest BCUT2D eigenvalue weighted by Crippen LogP contribution is -2.45. The van der Waals surface area contributed by atoms with E-state index >= 15 is 0 Å². The van der Waals surface area contributed by atoms with Crippen molar-refractivity contribution in [1.29, 1.82) is 0 Å². The molecule has 1 unspecified atom stereocenters. The molecule has 0 fully saturated rings. The van der Waals surface area contributed by atoms with Gasteiger partial charge in [-0.1, -0.05) is 158 Å². The number of hydrogen-bond donors (Lipinski definition) is 3. The van der Waals surface area contributed by atoms with E-state index in [1.54, 1.807) is 12.2 Å². The number of nitrogens with zero attached hydrogens (tertiary/aromatic N) is 1. The lowest BCUT2D eigenvalue weighted by Gasteiger charge is -2.29. The summed E-state index contributed by atoms with van der Waals surface area (Å²) in [4.78, 5) is 25.2. The summed E-state index contributed by atoms with van der Waals surface area (Å²) in [6.07, 6.45) is 41.5. The van der Waals surface area contributed by atoms with Crippen LogP contribution in [0.3, 0.4) is 0 Å². The van der Waals surface area contributed by atoms with Crippen LogP contribution >= 0.6 is 7.82 Å². The van der Waals surface area contributed by atoms with E-state index in [1.807, 2.05) is 63.7 Å². The number of carbonyl (C=O) groups excluding carboxylic acids is 1. The molecule has 0 aromatic rings. The van der Waals surface area contributed by atoms with E-state index in [0.29, 0.717) is 30.3 Å². The summed E-state index contributed by atoms with van der Waals surface area (Å²) in [5, 5.41) is 23.8. The molecule has 0 aromatic carbocycles. The Bertz CT molecular complexity index is 1080. The third-order valence-electron chi connectivity index (χ3n) is 9.05. The average molecular weight is 781 g/mol. The standard InChI is InChI=1S/C44H81N2O7P/c1-6-8-10-12-14-15-16-17-18-19-20-24-28-32-36-43(48)42(40-53-54(50,51)52-39-38-46(3,4)5)45-44(49)37-33-29-25-21-23-27-31-35-41(47)34-30-26-22-13-11-9-7-2/h21-22,25-27,30-32,34,36,41-43,47-48H,6-20,23-24,28-29,33,35,37-40H2,1-5H3,(H-,45,49,50,51)/b25-21+,26-22-,31-27-,34-30-,36-32+/t41-,42-,43+/m0/s1. The fourth-order valence-electron chi connectivity index (χ4n) is 5.58. The average Bonchev–Trinajstić information content (AvgIpc) is 3.11. The second-order valence-electron chi connectivity index (χ2n) is 15.5. The van der Waals surface area contributed by atoms with Crippen LogP contribution in [0.2, 0.25) is 0 Å². The van der Waals surface area contributed by atoms with Gasteiger partial charge in [0.2, 0.25) is 5.91 Å². The smallest absolute Gasteiger partial charge is 0.268 e. The number of carbonyl (C=O) groups is 1. The monoisotopic (exact) mass is 781 g/mol. The molecule has 0 aliphatic carbocycles. The van der Waals surface area contributed by atoms with Gasteiger partial charge in [-0.05, 0) is 51.4 Å². The van der Waals surface area contributed by atoms with Crippen molar-refractivity contribution in [2.75, 3.05) is 40.9 Å². The normalized spacial score (nSPS) is 15.6. The Kier molecular flexibility index (Phi) is 34.4. The zero-order valence-electron chi connectivity index (χ0n) is 35.0. The third-order valence-corrected chi connectivity index (χ3v) is 10.0. The van der Waals surface area contributed by atoms with Gasteiger partial charge in [0.1, 0.15) is 13.2 Å². The zero-order valence-corrected chi connectivity index (χ0v) is 35.9. The molecule has 0 saturated heterocycles. The number of allylic oxidation sites excluding steroid dienone is 7. The molecule has 3 N–H and O–H groups in total. The fourth-order valence-corrected chi connectivity index (χ4v) is 6.30. The van der Waals surface area contributed by atoms with Crippen LogP contribution in [0, 0.1) is 0 Å². The number of nitrogens with one attached hydrogen (secondary N) is 1. The van der Waals surface area contributed by atoms with Gasteiger partial charge in [-0.25, -0.2) is 0 Å². The minimum absolute atomic E-state index is 0.0253. The molecule has 0 bridgehead atoms. The maximum absolute atomic E-state index is 12.8. The highest BCUT2D eigenvalue weighted by atomic mass is 31.2. The molecule has 0 aliphatic rings. The van der Waals surface area contributed by atoms with Gasteiger partial charge in [-0.15, -0.1) is 0 Å². The summed E-state index contributed by atoms with van der Waals surface area (Å²) < 4.78 is 23.1. The molecule has 0 aliphatic heterocycles. The minimum atomic E-state index is -4.62. The predicted octanol–water partition coefficient (Wildman–Crippen LogP) is 9.80. The number of aliphatic hydroxyl groups excluding tert-OH is 2. The van der Waals surface area contributed by atoms with E-state index in [1.165, 1.54) is 83.5 Å². The Morgan fingerprint density at radius 1 is 0.704 bits per heavy atom. The highest BCUT2D eigenvalue weighted by Crippen LogP contribution is 2.38. The molecular weight excluding hydrogens is 699 g/mol. The van der Waals surface area contributed by atoms with E-state index in [2.05, 4.69) is 25.2 Å². The summed E-state index contributed by atoms with van der Waals surface area (Å²) in [6, 6.07) is -0.937. The van der Waals surface area contributed by atoms with E-state index in [-0.39, 0.29) is 18.9 Å². The first-order chi connectivity index (χ1) is 25.9. The number of hydrogen-bond acceptors (Lipinski definition) is 7. The molecule has 0 heterocycles. The van der Waals surface area contributed by atoms with Crippen molar-refractivity contribution in [2.24, 2.45) is 0 Å². The van der Waals surface area contributed by atoms with Gasteiger partial charge in [-0.3, -0.25) is 9.36 Å². The van der Waals surface area contributed by atoms with Gasteiger partial charge in [0.25, 0.3) is 7.82 Å². The number of rotatable bonds is 37. The Morgan fingerprint density at radius 3 is 1.91 bits per heavy atom. The molecule has 0 spiro atoms. The fraction of sp³-hybridized carbons (Fsp3) is 0.750. The van der Waals surface area contributed by atoms with Crippen molar-refractivity contribution in [3.63, 3.8) is 0 Å². The summed E-state index contributed by atoms with van der Waals surface area (Å²) >= 11 is 0. The molecule has 0 rings (SSSR count). The van der Waals surface area contributed by atoms with E-state index in [9.17, 15) is 24.5 Å². The zero-order chi connectivity index (χ0) is 40.2. The molecule has 0 aromatic heterocycles. The van der Waals surface area contributed by atoms with Crippen molar-refractivity contribution in [3.8, 4) is 0 Å². The number of unbranched alkanes of at least 4 members (excludes halogenated alkanes) is 16. The third kappa shape index (κ3) is 37.1. The number of phosphoric acid groups is 1. The number of aliphatic hydroxyl groups is 2. The van der Waals surface area contributed by atoms with Crippen LogP contribution in [-0.2, 0) is 18.4 Å². The Balaban J connectivity index is 4.65. The SMILES string of the molecule is CCCCC/C=C\C=C/[C@H](O)C/C=C\C/C=C/CCCC(=O)N[C@@H](COP(=O)([O-])OCC[N+](C)(C)C)[C@H](O)/C=C/CCCCCCCCCCCCCC. The number of amides is 1. The molecule has 314 valence electrons. The highest BCUT2D eigenvalue weighted by molar-refractivity contribution is 7.45. The van der Waals surface area contributed by atoms with Gasteiger partial charge in [0.05, 0.1) is 46.0 Å². The maximum Gasteiger partial charge on any atom is 0.268 e. The van der Waals surface area contributed by atoms with Gasteiger partial charge >= 0.3 is 0 Å². The van der Waals surface area contributed by atoms with Gasteiger partial charge in [-0.2, -0.15) is 0 Å². The molecule has 10 heteroatoms. The number of quaternary nitrogens is 1. The maximum atomic E-state index is 12.8. The lowest BCUT2D eigenvalue weighted by atomic mass is 10.0. The topological polar surface area (TPSA) is 128 Å². The molecular formula is C44H81N2O7P. The number of phosphoric ester groups is 1. The van der Waals surface area contributed by atoms with Crippen molar-refractivity contribution in [2.45, 2.75) is 173 Å². The van der Waals surface area contributed by atoms with Crippen LogP contribution in [0.1, 0.15) is 155 Å². The molecule has 4 atom stereocenters. The summed E-state index contributed by atoms with van der Waals surface area (Å²) in [6.45, 7) is 4.47. The van der Waals surface area contributed by atoms with Crippen molar-refractivity contribution < 1.29 is 38.0 Å². The van der Waals surface area contributed by atoms with Gasteiger partial charge in [0, 0.05) is 6.42 Å². The first-order valence-electron chi connectivity index (χ1n) is 21.3. The lowest BCUT2D eigenvalue weighted by molar-refractivity contribution is -0.870. The summed E-state index contributed by atoms with van der Waals surface area (Å²) in [7, 11) is 1.18. The van der Waals surface area contributed by atoms with Crippen LogP contribution in [0.4, 0.5) is 0 Å². The van der Waals surface area contributed by atoms with Crippen LogP contribution < -0.4 is 10.2 Å².